The Labute approximate surface area is 106 Å². The topological polar surface area (TPSA) is 44.8 Å². The Kier molecular flexibility index (Phi) is 7.75. The van der Waals surface area contributed by atoms with Crippen LogP contribution in [0.25, 0.3) is 0 Å². The molecule has 0 spiro atoms. The predicted octanol–water partition coefficient (Wildman–Crippen LogP) is 1.85. The van der Waals surface area contributed by atoms with E-state index in [1.54, 1.807) is 24.3 Å². The highest BCUT2D eigenvalue weighted by atomic mass is 19.1. The van der Waals surface area contributed by atoms with Crippen molar-refractivity contribution in [1.29, 1.82) is 0 Å². The Morgan fingerprint density at radius 2 is 1.56 bits per heavy atom. The van der Waals surface area contributed by atoms with Crippen molar-refractivity contribution in [2.75, 3.05) is 39.7 Å². The molecule has 100 valence electrons. The van der Waals surface area contributed by atoms with Crippen LogP contribution in [0.15, 0.2) is 30.3 Å². The molecule has 18 heavy (non-hydrogen) atoms. The number of esters is 1. The minimum Gasteiger partial charge on any atom is -0.460 e. The number of carbonyl (C=O) groups excluding carboxylic acids is 1. The molecule has 1 rings (SSSR count). The third-order valence-corrected chi connectivity index (χ3v) is 2.06. The summed E-state index contributed by atoms with van der Waals surface area (Å²) in [6.45, 7) is 0.800. The zero-order valence-corrected chi connectivity index (χ0v) is 10.1. The van der Waals surface area contributed by atoms with Crippen LogP contribution in [0.1, 0.15) is 10.4 Å². The van der Waals surface area contributed by atoms with Gasteiger partial charge in [0.15, 0.2) is 0 Å². The fourth-order valence-corrected chi connectivity index (χ4v) is 1.23. The van der Waals surface area contributed by atoms with Gasteiger partial charge < -0.3 is 14.2 Å². The molecule has 0 saturated heterocycles. The second kappa shape index (κ2) is 9.56. The molecule has 0 fully saturated rings. The lowest BCUT2D eigenvalue weighted by atomic mass is 10.2. The Hall–Kier alpha value is -1.46. The number of hydrogen-bond acceptors (Lipinski definition) is 4. The third-order valence-electron chi connectivity index (χ3n) is 2.06. The van der Waals surface area contributed by atoms with Crippen molar-refractivity contribution in [3.05, 3.63) is 35.9 Å². The fraction of sp³-hybridized carbons (Fsp3) is 0.462. The highest BCUT2D eigenvalue weighted by Crippen LogP contribution is 2.00. The lowest BCUT2D eigenvalue weighted by Crippen LogP contribution is -2.13. The molecule has 0 aromatic heterocycles. The van der Waals surface area contributed by atoms with Crippen LogP contribution in [0, 0.1) is 0 Å². The van der Waals surface area contributed by atoms with Crippen LogP contribution in [0.2, 0.25) is 0 Å². The first-order chi connectivity index (χ1) is 8.84. The summed E-state index contributed by atoms with van der Waals surface area (Å²) in [5.74, 6) is -0.368. The highest BCUT2D eigenvalue weighted by molar-refractivity contribution is 5.89. The van der Waals surface area contributed by atoms with E-state index in [4.69, 9.17) is 14.2 Å². The molecule has 0 bridgehead atoms. The lowest BCUT2D eigenvalue weighted by molar-refractivity contribution is 0.0129. The van der Waals surface area contributed by atoms with E-state index in [1.807, 2.05) is 6.07 Å². The third kappa shape index (κ3) is 6.32. The predicted molar refractivity (Wildman–Crippen MR) is 64.3 cm³/mol. The molecule has 0 aliphatic carbocycles. The average molecular weight is 256 g/mol. The van der Waals surface area contributed by atoms with Gasteiger partial charge in [-0.1, -0.05) is 18.2 Å². The molecule has 0 aliphatic heterocycles. The van der Waals surface area contributed by atoms with Crippen LogP contribution in [0.3, 0.4) is 0 Å². The number of halogens is 1. The van der Waals surface area contributed by atoms with Gasteiger partial charge >= 0.3 is 5.97 Å². The summed E-state index contributed by atoms with van der Waals surface area (Å²) < 4.78 is 26.7. The Balaban J connectivity index is 2.00. The van der Waals surface area contributed by atoms with E-state index in [2.05, 4.69) is 0 Å². The van der Waals surface area contributed by atoms with Gasteiger partial charge in [-0.2, -0.15) is 0 Å². The average Bonchev–Trinajstić information content (AvgIpc) is 2.42. The molecule has 0 unspecified atom stereocenters. The molecule has 0 amide bonds. The van der Waals surface area contributed by atoms with Crippen molar-refractivity contribution in [1.82, 2.24) is 0 Å². The van der Waals surface area contributed by atoms with E-state index in [0.717, 1.165) is 0 Å². The molecular weight excluding hydrogens is 239 g/mol. The molecule has 0 heterocycles. The van der Waals surface area contributed by atoms with E-state index in [0.29, 0.717) is 25.4 Å². The van der Waals surface area contributed by atoms with Gasteiger partial charge in [-0.15, -0.1) is 0 Å². The first-order valence-corrected chi connectivity index (χ1v) is 5.78. The summed E-state index contributed by atoms with van der Waals surface area (Å²) in [7, 11) is 0. The minimum absolute atomic E-state index is 0.0896. The fourth-order valence-electron chi connectivity index (χ4n) is 1.23. The van der Waals surface area contributed by atoms with Crippen LogP contribution in [-0.2, 0) is 14.2 Å². The highest BCUT2D eigenvalue weighted by Gasteiger charge is 2.04. The second-order valence-electron chi connectivity index (χ2n) is 3.42. The van der Waals surface area contributed by atoms with Gasteiger partial charge in [0.25, 0.3) is 0 Å². The largest absolute Gasteiger partial charge is 0.460 e. The standard InChI is InChI=1S/C13H17FO4/c14-6-7-16-8-9-17-10-11-18-13(15)12-4-2-1-3-5-12/h1-5H,6-11H2. The molecule has 0 aliphatic rings. The first kappa shape index (κ1) is 14.6. The van der Waals surface area contributed by atoms with E-state index in [9.17, 15) is 9.18 Å². The maximum absolute atomic E-state index is 11.6. The van der Waals surface area contributed by atoms with E-state index in [1.165, 1.54) is 0 Å². The molecule has 0 radical (unpaired) electrons. The Bertz CT molecular complexity index is 329. The van der Waals surface area contributed by atoms with Crippen LogP contribution in [0.4, 0.5) is 4.39 Å². The summed E-state index contributed by atoms with van der Waals surface area (Å²) in [6, 6.07) is 8.75. The van der Waals surface area contributed by atoms with Gasteiger partial charge in [-0.05, 0) is 12.1 Å². The lowest BCUT2D eigenvalue weighted by Gasteiger charge is -2.06. The summed E-state index contributed by atoms with van der Waals surface area (Å²) in [6.07, 6.45) is 0. The molecule has 0 saturated carbocycles. The smallest absolute Gasteiger partial charge is 0.338 e. The number of carbonyl (C=O) groups is 1. The first-order valence-electron chi connectivity index (χ1n) is 5.78. The number of ether oxygens (including phenoxy) is 3. The number of rotatable bonds is 9. The van der Waals surface area contributed by atoms with Gasteiger partial charge in [0.2, 0.25) is 0 Å². The molecule has 0 atom stereocenters. The van der Waals surface area contributed by atoms with Crippen LogP contribution in [-0.4, -0.2) is 45.7 Å². The van der Waals surface area contributed by atoms with Crippen molar-refractivity contribution < 1.29 is 23.4 Å². The van der Waals surface area contributed by atoms with Gasteiger partial charge in [0.05, 0.1) is 32.0 Å². The van der Waals surface area contributed by atoms with Gasteiger partial charge in [0, 0.05) is 0 Å². The molecule has 0 N–H and O–H groups in total. The van der Waals surface area contributed by atoms with E-state index >= 15 is 0 Å². The molecule has 1 aromatic rings. The molecular formula is C13H17FO4. The molecule has 4 nitrogen and oxygen atoms in total. The SMILES string of the molecule is O=C(OCCOCCOCCF)c1ccccc1. The Morgan fingerprint density at radius 1 is 0.944 bits per heavy atom. The van der Waals surface area contributed by atoms with Crippen molar-refractivity contribution in [2.24, 2.45) is 0 Å². The van der Waals surface area contributed by atoms with E-state index < -0.39 is 6.67 Å². The zero-order chi connectivity index (χ0) is 13.1. The number of hydrogen-bond donors (Lipinski definition) is 0. The van der Waals surface area contributed by atoms with Crippen molar-refractivity contribution in [3.63, 3.8) is 0 Å². The normalized spacial score (nSPS) is 10.3. The van der Waals surface area contributed by atoms with Gasteiger partial charge in [0.1, 0.15) is 13.3 Å². The zero-order valence-electron chi connectivity index (χ0n) is 10.1. The second-order valence-corrected chi connectivity index (χ2v) is 3.42. The van der Waals surface area contributed by atoms with E-state index in [-0.39, 0.29) is 19.2 Å². The molecule has 5 heteroatoms. The van der Waals surface area contributed by atoms with Gasteiger partial charge in [-0.25, -0.2) is 9.18 Å². The minimum atomic E-state index is -0.491. The van der Waals surface area contributed by atoms with Gasteiger partial charge in [-0.3, -0.25) is 0 Å². The van der Waals surface area contributed by atoms with Crippen LogP contribution >= 0.6 is 0 Å². The number of benzene rings is 1. The monoisotopic (exact) mass is 256 g/mol. The van der Waals surface area contributed by atoms with Crippen molar-refractivity contribution >= 4 is 5.97 Å². The summed E-state index contributed by atoms with van der Waals surface area (Å²) in [4.78, 5) is 11.5. The maximum atomic E-state index is 11.6. The Morgan fingerprint density at radius 3 is 2.22 bits per heavy atom. The van der Waals surface area contributed by atoms with Crippen molar-refractivity contribution in [2.45, 2.75) is 0 Å². The maximum Gasteiger partial charge on any atom is 0.338 e. The molecule has 1 aromatic carbocycles. The van der Waals surface area contributed by atoms with Crippen LogP contribution in [0.5, 0.6) is 0 Å². The number of alkyl halides is 1. The van der Waals surface area contributed by atoms with Crippen LogP contribution < -0.4 is 0 Å². The quantitative estimate of drug-likeness (QED) is 0.499. The summed E-state index contributed by atoms with van der Waals surface area (Å²) >= 11 is 0. The summed E-state index contributed by atoms with van der Waals surface area (Å²) in [5, 5.41) is 0. The van der Waals surface area contributed by atoms with Crippen molar-refractivity contribution in [3.8, 4) is 0 Å². The summed E-state index contributed by atoms with van der Waals surface area (Å²) in [5.41, 5.74) is 0.517.